The summed E-state index contributed by atoms with van der Waals surface area (Å²) in [7, 11) is 0. The van der Waals surface area contributed by atoms with Crippen LogP contribution in [-0.4, -0.2) is 44.3 Å². The lowest BCUT2D eigenvalue weighted by Gasteiger charge is -2.26. The van der Waals surface area contributed by atoms with E-state index < -0.39 is 0 Å². The number of rotatable bonds is 6. The minimum absolute atomic E-state index is 0.609. The maximum absolute atomic E-state index is 5.98. The molecule has 0 aromatic heterocycles. The van der Waals surface area contributed by atoms with Crippen molar-refractivity contribution in [1.29, 1.82) is 0 Å². The average molecular weight is 303 g/mol. The van der Waals surface area contributed by atoms with Gasteiger partial charge in [-0.2, -0.15) is 0 Å². The average Bonchev–Trinajstić information content (AvgIpc) is 2.43. The highest BCUT2D eigenvalue weighted by molar-refractivity contribution is 6.42. The second-order valence-corrected chi connectivity index (χ2v) is 5.55. The number of nitrogens with one attached hydrogen (secondary N) is 1. The van der Waals surface area contributed by atoms with Crippen LogP contribution in [0.2, 0.25) is 10.0 Å². The van der Waals surface area contributed by atoms with Gasteiger partial charge in [0.25, 0.3) is 0 Å². The summed E-state index contributed by atoms with van der Waals surface area (Å²) < 4.78 is 5.33. The van der Waals surface area contributed by atoms with Crippen molar-refractivity contribution >= 4 is 23.2 Å². The van der Waals surface area contributed by atoms with Gasteiger partial charge in [-0.15, -0.1) is 0 Å². The topological polar surface area (TPSA) is 24.5 Å². The fraction of sp³-hybridized carbons (Fsp3) is 0.571. The highest BCUT2D eigenvalue weighted by atomic mass is 35.5. The van der Waals surface area contributed by atoms with E-state index in [9.17, 15) is 0 Å². The molecule has 1 saturated heterocycles. The van der Waals surface area contributed by atoms with Crippen LogP contribution in [0.15, 0.2) is 18.2 Å². The molecule has 2 rings (SSSR count). The van der Waals surface area contributed by atoms with Crippen LogP contribution in [0.1, 0.15) is 12.0 Å². The number of nitrogens with zero attached hydrogens (tertiary/aromatic N) is 1. The summed E-state index contributed by atoms with van der Waals surface area (Å²) in [4.78, 5) is 2.45. The minimum atomic E-state index is 0.609. The zero-order valence-electron chi connectivity index (χ0n) is 11.0. The Labute approximate surface area is 124 Å². The Kier molecular flexibility index (Phi) is 6.41. The number of halogens is 2. The lowest BCUT2D eigenvalue weighted by molar-refractivity contribution is 0.0374. The van der Waals surface area contributed by atoms with Crippen LogP contribution in [0.3, 0.4) is 0 Å². The molecular weight excluding hydrogens is 283 g/mol. The van der Waals surface area contributed by atoms with Crippen molar-refractivity contribution in [1.82, 2.24) is 10.2 Å². The summed E-state index contributed by atoms with van der Waals surface area (Å²) in [6.07, 6.45) is 1.15. The summed E-state index contributed by atoms with van der Waals surface area (Å²) in [5.41, 5.74) is 1.17. The molecule has 106 valence electrons. The summed E-state index contributed by atoms with van der Waals surface area (Å²) in [5.74, 6) is 0. The van der Waals surface area contributed by atoms with E-state index in [0.29, 0.717) is 10.0 Å². The van der Waals surface area contributed by atoms with Crippen molar-refractivity contribution in [3.05, 3.63) is 33.8 Å². The van der Waals surface area contributed by atoms with E-state index in [-0.39, 0.29) is 0 Å². The van der Waals surface area contributed by atoms with Gasteiger partial charge in [-0.3, -0.25) is 4.90 Å². The molecule has 0 unspecified atom stereocenters. The predicted octanol–water partition coefficient (Wildman–Crippen LogP) is 2.81. The van der Waals surface area contributed by atoms with Gasteiger partial charge in [0, 0.05) is 19.6 Å². The molecule has 0 bridgehead atoms. The Morgan fingerprint density at radius 2 is 1.95 bits per heavy atom. The molecule has 0 saturated carbocycles. The molecular formula is C14H20Cl2N2O. The number of hydrogen-bond donors (Lipinski definition) is 1. The Balaban J connectivity index is 1.59. The molecule has 1 heterocycles. The maximum Gasteiger partial charge on any atom is 0.0595 e. The SMILES string of the molecule is Clc1ccc(CNCCCN2CCOCC2)cc1Cl. The summed E-state index contributed by atoms with van der Waals surface area (Å²) in [6, 6.07) is 5.76. The highest BCUT2D eigenvalue weighted by Crippen LogP contribution is 2.22. The first-order chi connectivity index (χ1) is 9.25. The van der Waals surface area contributed by atoms with Gasteiger partial charge in [0.1, 0.15) is 0 Å². The Morgan fingerprint density at radius 1 is 1.16 bits per heavy atom. The van der Waals surface area contributed by atoms with Gasteiger partial charge in [0.15, 0.2) is 0 Å². The van der Waals surface area contributed by atoms with E-state index in [1.807, 2.05) is 18.2 Å². The van der Waals surface area contributed by atoms with E-state index in [1.54, 1.807) is 0 Å². The van der Waals surface area contributed by atoms with Crippen LogP contribution >= 0.6 is 23.2 Å². The molecule has 0 spiro atoms. The lowest BCUT2D eigenvalue weighted by Crippen LogP contribution is -2.37. The monoisotopic (exact) mass is 302 g/mol. The summed E-state index contributed by atoms with van der Waals surface area (Å²) >= 11 is 11.9. The largest absolute Gasteiger partial charge is 0.379 e. The van der Waals surface area contributed by atoms with E-state index in [0.717, 1.165) is 52.4 Å². The Morgan fingerprint density at radius 3 is 2.68 bits per heavy atom. The van der Waals surface area contributed by atoms with Gasteiger partial charge in [-0.05, 0) is 37.2 Å². The first kappa shape index (κ1) is 15.1. The summed E-state index contributed by atoms with van der Waals surface area (Å²) in [6.45, 7) is 6.85. The molecule has 5 heteroatoms. The second-order valence-electron chi connectivity index (χ2n) is 4.73. The highest BCUT2D eigenvalue weighted by Gasteiger charge is 2.08. The molecule has 1 aliphatic heterocycles. The third-order valence-electron chi connectivity index (χ3n) is 3.24. The van der Waals surface area contributed by atoms with E-state index >= 15 is 0 Å². The van der Waals surface area contributed by atoms with Crippen LogP contribution in [0.5, 0.6) is 0 Å². The minimum Gasteiger partial charge on any atom is -0.379 e. The zero-order valence-corrected chi connectivity index (χ0v) is 12.5. The standard InChI is InChI=1S/C14H20Cl2N2O/c15-13-3-2-12(10-14(13)16)11-17-4-1-5-18-6-8-19-9-7-18/h2-3,10,17H,1,4-9,11H2. The quantitative estimate of drug-likeness (QED) is 0.818. The smallest absolute Gasteiger partial charge is 0.0595 e. The number of benzene rings is 1. The molecule has 1 aliphatic rings. The van der Waals surface area contributed by atoms with Gasteiger partial charge >= 0.3 is 0 Å². The van der Waals surface area contributed by atoms with E-state index in [1.165, 1.54) is 5.56 Å². The number of hydrogen-bond acceptors (Lipinski definition) is 3. The maximum atomic E-state index is 5.98. The normalized spacial score (nSPS) is 16.7. The van der Waals surface area contributed by atoms with Crippen molar-refractivity contribution < 1.29 is 4.74 Å². The third kappa shape index (κ3) is 5.28. The van der Waals surface area contributed by atoms with Crippen LogP contribution < -0.4 is 5.32 Å². The number of morpholine rings is 1. The molecule has 0 atom stereocenters. The Bertz CT molecular complexity index is 395. The molecule has 1 aromatic rings. The van der Waals surface area contributed by atoms with Crippen LogP contribution in [0, 0.1) is 0 Å². The molecule has 1 fully saturated rings. The van der Waals surface area contributed by atoms with Gasteiger partial charge in [-0.25, -0.2) is 0 Å². The molecule has 0 amide bonds. The van der Waals surface area contributed by atoms with Gasteiger partial charge in [-0.1, -0.05) is 29.3 Å². The Hall–Kier alpha value is -0.320. The second kappa shape index (κ2) is 8.08. The lowest BCUT2D eigenvalue weighted by atomic mass is 10.2. The molecule has 3 nitrogen and oxygen atoms in total. The number of ether oxygens (including phenoxy) is 1. The fourth-order valence-corrected chi connectivity index (χ4v) is 2.46. The zero-order chi connectivity index (χ0) is 13.5. The molecule has 0 radical (unpaired) electrons. The van der Waals surface area contributed by atoms with Gasteiger partial charge in [0.2, 0.25) is 0 Å². The van der Waals surface area contributed by atoms with Crippen LogP contribution in [0.25, 0.3) is 0 Å². The summed E-state index contributed by atoms with van der Waals surface area (Å²) in [5, 5.41) is 4.66. The third-order valence-corrected chi connectivity index (χ3v) is 3.98. The van der Waals surface area contributed by atoms with Crippen LogP contribution in [-0.2, 0) is 11.3 Å². The van der Waals surface area contributed by atoms with Crippen molar-refractivity contribution in [2.45, 2.75) is 13.0 Å². The van der Waals surface area contributed by atoms with E-state index in [4.69, 9.17) is 27.9 Å². The molecule has 0 aliphatic carbocycles. The van der Waals surface area contributed by atoms with E-state index in [2.05, 4.69) is 10.2 Å². The molecule has 1 aromatic carbocycles. The van der Waals surface area contributed by atoms with Gasteiger partial charge < -0.3 is 10.1 Å². The van der Waals surface area contributed by atoms with Crippen LogP contribution in [0.4, 0.5) is 0 Å². The molecule has 1 N–H and O–H groups in total. The van der Waals surface area contributed by atoms with Crippen molar-refractivity contribution in [2.24, 2.45) is 0 Å². The van der Waals surface area contributed by atoms with Crippen molar-refractivity contribution in [2.75, 3.05) is 39.4 Å². The predicted molar refractivity (Wildman–Crippen MR) is 80.0 cm³/mol. The van der Waals surface area contributed by atoms with Crippen molar-refractivity contribution in [3.8, 4) is 0 Å². The molecule has 19 heavy (non-hydrogen) atoms. The van der Waals surface area contributed by atoms with Gasteiger partial charge in [0.05, 0.1) is 23.3 Å². The fourth-order valence-electron chi connectivity index (χ4n) is 2.13. The first-order valence-corrected chi connectivity index (χ1v) is 7.46. The first-order valence-electron chi connectivity index (χ1n) is 6.70. The van der Waals surface area contributed by atoms with Crippen molar-refractivity contribution in [3.63, 3.8) is 0 Å².